The molecule has 6 nitrogen and oxygen atoms in total. The highest BCUT2D eigenvalue weighted by molar-refractivity contribution is 5.94. The number of nitrogens with zero attached hydrogens (tertiary/aromatic N) is 1. The van der Waals surface area contributed by atoms with Gasteiger partial charge in [-0.2, -0.15) is 0 Å². The van der Waals surface area contributed by atoms with Gasteiger partial charge in [0, 0.05) is 12.1 Å². The van der Waals surface area contributed by atoms with Gasteiger partial charge in [0.05, 0.1) is 17.6 Å². The number of esters is 1. The number of nitro groups is 1. The summed E-state index contributed by atoms with van der Waals surface area (Å²) < 4.78 is 4.60. The van der Waals surface area contributed by atoms with Gasteiger partial charge < -0.3 is 10.5 Å². The topological polar surface area (TPSA) is 95.5 Å². The molecule has 0 saturated heterocycles. The number of benzene rings is 1. The molecule has 0 saturated carbocycles. The Morgan fingerprint density at radius 2 is 2.28 bits per heavy atom. The predicted octanol–water partition coefficient (Wildman–Crippen LogP) is 1.74. The molecule has 6 heteroatoms. The molecule has 0 spiro atoms. The standard InChI is InChI=1S/C12H14N2O4/c1-18-12(15)11-8-10(14(16)17)6-5-9(11)4-2-3-7-13/h2,4-6,8H,3,7,13H2,1H3. The highest BCUT2D eigenvalue weighted by Gasteiger charge is 2.15. The molecule has 0 heterocycles. The number of nitro benzene ring substituents is 1. The van der Waals surface area contributed by atoms with Crippen LogP contribution < -0.4 is 5.73 Å². The van der Waals surface area contributed by atoms with Crippen LogP contribution in [0.3, 0.4) is 0 Å². The zero-order valence-corrected chi connectivity index (χ0v) is 9.96. The lowest BCUT2D eigenvalue weighted by Gasteiger charge is -2.04. The lowest BCUT2D eigenvalue weighted by atomic mass is 10.1. The summed E-state index contributed by atoms with van der Waals surface area (Å²) in [6, 6.07) is 4.06. The summed E-state index contributed by atoms with van der Waals surface area (Å²) >= 11 is 0. The number of hydrogen-bond acceptors (Lipinski definition) is 5. The van der Waals surface area contributed by atoms with Crippen LogP contribution in [-0.4, -0.2) is 24.5 Å². The maximum atomic E-state index is 11.5. The third-order valence-corrected chi connectivity index (χ3v) is 2.28. The van der Waals surface area contributed by atoms with E-state index in [2.05, 4.69) is 4.74 Å². The monoisotopic (exact) mass is 250 g/mol. The van der Waals surface area contributed by atoms with Gasteiger partial charge in [0.2, 0.25) is 0 Å². The Balaban J connectivity index is 3.16. The lowest BCUT2D eigenvalue weighted by Crippen LogP contribution is -2.04. The van der Waals surface area contributed by atoms with E-state index in [0.29, 0.717) is 18.5 Å². The van der Waals surface area contributed by atoms with Crippen LogP contribution in [-0.2, 0) is 4.74 Å². The SMILES string of the molecule is COC(=O)c1cc([N+](=O)[O-])ccc1C=CCCN. The molecule has 1 rings (SSSR count). The fraction of sp³-hybridized carbons (Fsp3) is 0.250. The summed E-state index contributed by atoms with van der Waals surface area (Å²) in [5.74, 6) is -0.605. The molecule has 0 fully saturated rings. The van der Waals surface area contributed by atoms with Gasteiger partial charge in [-0.05, 0) is 24.6 Å². The third kappa shape index (κ3) is 3.39. The molecular weight excluding hydrogens is 236 g/mol. The zero-order valence-electron chi connectivity index (χ0n) is 9.96. The molecule has 1 aromatic rings. The molecule has 0 amide bonds. The summed E-state index contributed by atoms with van der Waals surface area (Å²) in [5, 5.41) is 10.7. The highest BCUT2D eigenvalue weighted by Crippen LogP contribution is 2.20. The minimum atomic E-state index is -0.605. The molecule has 0 atom stereocenters. The van der Waals surface area contributed by atoms with E-state index in [9.17, 15) is 14.9 Å². The molecule has 0 aliphatic carbocycles. The Bertz CT molecular complexity index is 483. The molecule has 0 radical (unpaired) electrons. The Morgan fingerprint density at radius 1 is 1.56 bits per heavy atom. The summed E-state index contributed by atoms with van der Waals surface area (Å²) in [5.41, 5.74) is 5.94. The van der Waals surface area contributed by atoms with Crippen molar-refractivity contribution < 1.29 is 14.5 Å². The number of hydrogen-bond donors (Lipinski definition) is 1. The second-order valence-electron chi connectivity index (χ2n) is 3.50. The Kier molecular flexibility index (Phi) is 5.01. The maximum absolute atomic E-state index is 11.5. The summed E-state index contributed by atoms with van der Waals surface area (Å²) in [6.45, 7) is 0.497. The van der Waals surface area contributed by atoms with Crippen LogP contribution in [0.1, 0.15) is 22.3 Å². The van der Waals surface area contributed by atoms with Crippen molar-refractivity contribution in [3.8, 4) is 0 Å². The van der Waals surface area contributed by atoms with Gasteiger partial charge in [-0.1, -0.05) is 12.2 Å². The number of nitrogens with two attached hydrogens (primary N) is 1. The molecule has 0 aliphatic rings. The minimum absolute atomic E-state index is 0.147. The number of carbonyl (C=O) groups excluding carboxylic acids is 1. The number of methoxy groups -OCH3 is 1. The first kappa shape index (κ1) is 13.9. The molecule has 1 aromatic carbocycles. The normalized spacial score (nSPS) is 10.6. The van der Waals surface area contributed by atoms with Crippen molar-refractivity contribution in [2.45, 2.75) is 6.42 Å². The van der Waals surface area contributed by atoms with Crippen LogP contribution in [0.2, 0.25) is 0 Å². The minimum Gasteiger partial charge on any atom is -0.465 e. The molecule has 0 unspecified atom stereocenters. The average molecular weight is 250 g/mol. The van der Waals surface area contributed by atoms with Gasteiger partial charge in [-0.25, -0.2) is 4.79 Å². The first-order valence-corrected chi connectivity index (χ1v) is 5.33. The molecule has 96 valence electrons. The summed E-state index contributed by atoms with van der Waals surface area (Å²) in [6.07, 6.45) is 4.16. The van der Waals surface area contributed by atoms with E-state index in [4.69, 9.17) is 5.73 Å². The molecule has 0 aromatic heterocycles. The van der Waals surface area contributed by atoms with Gasteiger partial charge in [0.15, 0.2) is 0 Å². The lowest BCUT2D eigenvalue weighted by molar-refractivity contribution is -0.384. The van der Waals surface area contributed by atoms with Crippen molar-refractivity contribution >= 4 is 17.7 Å². The van der Waals surface area contributed by atoms with Crippen LogP contribution >= 0.6 is 0 Å². The maximum Gasteiger partial charge on any atom is 0.338 e. The van der Waals surface area contributed by atoms with Crippen molar-refractivity contribution in [1.82, 2.24) is 0 Å². The van der Waals surface area contributed by atoms with Crippen LogP contribution in [0, 0.1) is 10.1 Å². The van der Waals surface area contributed by atoms with Crippen LogP contribution in [0.5, 0.6) is 0 Å². The number of carbonyl (C=O) groups is 1. The highest BCUT2D eigenvalue weighted by atomic mass is 16.6. The van der Waals surface area contributed by atoms with Crippen LogP contribution in [0.4, 0.5) is 5.69 Å². The first-order chi connectivity index (χ1) is 8.60. The largest absolute Gasteiger partial charge is 0.465 e. The van der Waals surface area contributed by atoms with Gasteiger partial charge >= 0.3 is 5.97 Å². The van der Waals surface area contributed by atoms with E-state index in [1.807, 2.05) is 0 Å². The number of non-ortho nitro benzene ring substituents is 1. The van der Waals surface area contributed by atoms with E-state index in [0.717, 1.165) is 0 Å². The first-order valence-electron chi connectivity index (χ1n) is 5.33. The summed E-state index contributed by atoms with van der Waals surface area (Å²) in [4.78, 5) is 21.6. The van der Waals surface area contributed by atoms with Crippen LogP contribution in [0.25, 0.3) is 6.08 Å². The molecular formula is C12H14N2O4. The third-order valence-electron chi connectivity index (χ3n) is 2.28. The van der Waals surface area contributed by atoms with Crippen molar-refractivity contribution in [1.29, 1.82) is 0 Å². The fourth-order valence-corrected chi connectivity index (χ4v) is 1.40. The zero-order chi connectivity index (χ0) is 13.5. The van der Waals surface area contributed by atoms with Gasteiger partial charge in [0.1, 0.15) is 0 Å². The second kappa shape index (κ2) is 6.51. The van der Waals surface area contributed by atoms with Gasteiger partial charge in [-0.15, -0.1) is 0 Å². The van der Waals surface area contributed by atoms with Crippen molar-refractivity contribution in [2.24, 2.45) is 5.73 Å². The van der Waals surface area contributed by atoms with Crippen molar-refractivity contribution in [3.63, 3.8) is 0 Å². The van der Waals surface area contributed by atoms with Crippen LogP contribution in [0.15, 0.2) is 24.3 Å². The Labute approximate surface area is 104 Å². The average Bonchev–Trinajstić information content (AvgIpc) is 2.38. The Hall–Kier alpha value is -2.21. The van der Waals surface area contributed by atoms with E-state index >= 15 is 0 Å². The van der Waals surface area contributed by atoms with Gasteiger partial charge in [0.25, 0.3) is 5.69 Å². The van der Waals surface area contributed by atoms with E-state index in [-0.39, 0.29) is 11.3 Å². The van der Waals surface area contributed by atoms with E-state index < -0.39 is 10.9 Å². The van der Waals surface area contributed by atoms with E-state index in [1.165, 1.54) is 25.3 Å². The number of rotatable bonds is 5. The molecule has 0 aliphatic heterocycles. The number of ether oxygens (including phenoxy) is 1. The second-order valence-corrected chi connectivity index (χ2v) is 3.50. The van der Waals surface area contributed by atoms with Crippen molar-refractivity contribution in [2.75, 3.05) is 13.7 Å². The summed E-state index contributed by atoms with van der Waals surface area (Å²) in [7, 11) is 1.23. The smallest absolute Gasteiger partial charge is 0.338 e. The molecule has 2 N–H and O–H groups in total. The quantitative estimate of drug-likeness (QED) is 0.488. The van der Waals surface area contributed by atoms with Gasteiger partial charge in [-0.3, -0.25) is 10.1 Å². The van der Waals surface area contributed by atoms with E-state index in [1.54, 1.807) is 12.2 Å². The predicted molar refractivity (Wildman–Crippen MR) is 67.1 cm³/mol. The Morgan fingerprint density at radius 3 is 2.83 bits per heavy atom. The molecule has 0 bridgehead atoms. The van der Waals surface area contributed by atoms with Crippen molar-refractivity contribution in [3.05, 3.63) is 45.5 Å². The molecule has 18 heavy (non-hydrogen) atoms. The fourth-order valence-electron chi connectivity index (χ4n) is 1.40.